The Morgan fingerprint density at radius 2 is 1.79 bits per heavy atom. The van der Waals surface area contributed by atoms with Crippen molar-refractivity contribution in [3.05, 3.63) is 70.7 Å². The summed E-state index contributed by atoms with van der Waals surface area (Å²) in [5.41, 5.74) is 1.64. The number of amides is 3. The van der Waals surface area contributed by atoms with E-state index in [9.17, 15) is 14.4 Å². The quantitative estimate of drug-likeness (QED) is 0.624. The molecule has 1 N–H and O–H groups in total. The van der Waals surface area contributed by atoms with Crippen molar-refractivity contribution in [2.75, 3.05) is 26.2 Å². The average Bonchev–Trinajstić information content (AvgIpc) is 3.26. The first-order valence-electron chi connectivity index (χ1n) is 11.7. The lowest BCUT2D eigenvalue weighted by Gasteiger charge is -2.39. The van der Waals surface area contributed by atoms with Gasteiger partial charge in [0.1, 0.15) is 0 Å². The van der Waals surface area contributed by atoms with Crippen LogP contribution in [0.1, 0.15) is 54.1 Å². The number of hydrogen-bond donors (Lipinski definition) is 1. The summed E-state index contributed by atoms with van der Waals surface area (Å²) >= 11 is 6.00. The van der Waals surface area contributed by atoms with E-state index in [1.54, 1.807) is 24.3 Å². The number of nitrogens with one attached hydrogen (secondary N) is 1. The van der Waals surface area contributed by atoms with Crippen LogP contribution in [0.25, 0.3) is 0 Å². The summed E-state index contributed by atoms with van der Waals surface area (Å²) in [5.74, 6) is -0.166. The van der Waals surface area contributed by atoms with Crippen LogP contribution in [0.2, 0.25) is 5.02 Å². The Kier molecular flexibility index (Phi) is 7.65. The number of nitrogens with zero attached hydrogens (tertiary/aromatic N) is 2. The number of halogens is 1. The van der Waals surface area contributed by atoms with Gasteiger partial charge >= 0.3 is 0 Å². The molecule has 2 unspecified atom stereocenters. The molecule has 2 aromatic rings. The molecule has 2 atom stereocenters. The van der Waals surface area contributed by atoms with Gasteiger partial charge in [-0.25, -0.2) is 0 Å². The predicted octanol–water partition coefficient (Wildman–Crippen LogP) is 4.06. The number of hydrogen-bond acceptors (Lipinski definition) is 3. The number of carbonyl (C=O) groups is 3. The van der Waals surface area contributed by atoms with Crippen LogP contribution in [-0.2, 0) is 9.59 Å². The van der Waals surface area contributed by atoms with Crippen LogP contribution in [-0.4, -0.2) is 53.7 Å². The molecule has 6 nitrogen and oxygen atoms in total. The second-order valence-electron chi connectivity index (χ2n) is 8.79. The number of benzene rings is 2. The van der Waals surface area contributed by atoms with Gasteiger partial charge in [0.2, 0.25) is 11.8 Å². The van der Waals surface area contributed by atoms with Crippen LogP contribution in [0.4, 0.5) is 0 Å². The van der Waals surface area contributed by atoms with Gasteiger partial charge in [-0.15, -0.1) is 0 Å². The second-order valence-corrected chi connectivity index (χ2v) is 9.23. The summed E-state index contributed by atoms with van der Waals surface area (Å²) < 4.78 is 0. The van der Waals surface area contributed by atoms with E-state index in [4.69, 9.17) is 11.6 Å². The highest BCUT2D eigenvalue weighted by atomic mass is 35.5. The molecule has 2 saturated heterocycles. The van der Waals surface area contributed by atoms with E-state index in [1.807, 2.05) is 40.1 Å². The van der Waals surface area contributed by atoms with Crippen LogP contribution >= 0.6 is 11.6 Å². The van der Waals surface area contributed by atoms with Gasteiger partial charge < -0.3 is 15.1 Å². The van der Waals surface area contributed by atoms with E-state index in [-0.39, 0.29) is 29.7 Å². The Morgan fingerprint density at radius 1 is 1.03 bits per heavy atom. The molecule has 3 amide bonds. The molecule has 0 aliphatic carbocycles. The summed E-state index contributed by atoms with van der Waals surface area (Å²) in [4.78, 5) is 41.7. The van der Waals surface area contributed by atoms with E-state index in [0.717, 1.165) is 37.8 Å². The van der Waals surface area contributed by atoms with Gasteiger partial charge in [-0.05, 0) is 55.5 Å². The zero-order valence-corrected chi connectivity index (χ0v) is 19.5. The fraction of sp³-hybridized carbons (Fsp3) is 0.423. The molecule has 0 spiro atoms. The number of likely N-dealkylation sites (tertiary alicyclic amines) is 2. The summed E-state index contributed by atoms with van der Waals surface area (Å²) in [6, 6.07) is 16.8. The topological polar surface area (TPSA) is 69.7 Å². The van der Waals surface area contributed by atoms with Crippen molar-refractivity contribution in [2.24, 2.45) is 5.92 Å². The third-order valence-electron chi connectivity index (χ3n) is 6.56. The Labute approximate surface area is 199 Å². The molecule has 7 heteroatoms. The van der Waals surface area contributed by atoms with Crippen molar-refractivity contribution in [1.29, 1.82) is 0 Å². The summed E-state index contributed by atoms with van der Waals surface area (Å²) in [5, 5.41) is 3.60. The van der Waals surface area contributed by atoms with Gasteiger partial charge in [0.25, 0.3) is 5.91 Å². The van der Waals surface area contributed by atoms with E-state index in [1.165, 1.54) is 0 Å². The van der Waals surface area contributed by atoms with Crippen LogP contribution in [0.3, 0.4) is 0 Å². The number of carbonyl (C=O) groups excluding carboxylic acids is 3. The first kappa shape index (κ1) is 23.3. The van der Waals surface area contributed by atoms with Crippen molar-refractivity contribution in [3.8, 4) is 0 Å². The highest BCUT2D eigenvalue weighted by Crippen LogP contribution is 2.34. The number of piperidine rings is 1. The molecule has 2 heterocycles. The maximum Gasteiger partial charge on any atom is 0.254 e. The molecule has 4 rings (SSSR count). The Hall–Kier alpha value is -2.86. The minimum Gasteiger partial charge on any atom is -0.356 e. The molecule has 0 aromatic heterocycles. The fourth-order valence-corrected chi connectivity index (χ4v) is 4.88. The SMILES string of the molecule is O=C(NCCCN1CCCC1=O)C1CCC(c2ccccc2)N(C(=O)c2ccc(Cl)cc2)C1. The van der Waals surface area contributed by atoms with E-state index in [2.05, 4.69) is 5.32 Å². The van der Waals surface area contributed by atoms with Gasteiger partial charge in [-0.2, -0.15) is 0 Å². The highest BCUT2D eigenvalue weighted by Gasteiger charge is 2.35. The smallest absolute Gasteiger partial charge is 0.254 e. The zero-order chi connectivity index (χ0) is 23.2. The summed E-state index contributed by atoms with van der Waals surface area (Å²) in [6.07, 6.45) is 3.75. The van der Waals surface area contributed by atoms with Gasteiger partial charge in [0.15, 0.2) is 0 Å². The van der Waals surface area contributed by atoms with Gasteiger partial charge in [0, 0.05) is 43.2 Å². The normalized spacial score (nSPS) is 20.7. The number of rotatable bonds is 7. The standard InChI is InChI=1S/C26H30ClN3O3/c27-22-12-9-20(10-13-22)26(33)30-18-21(11-14-23(30)19-6-2-1-3-7-19)25(32)28-15-5-17-29-16-4-8-24(29)31/h1-3,6-7,9-10,12-13,21,23H,4-5,8,11,14-18H2,(H,28,32). The predicted molar refractivity (Wildman–Crippen MR) is 128 cm³/mol. The Morgan fingerprint density at radius 3 is 2.48 bits per heavy atom. The Bertz CT molecular complexity index is 980. The maximum absolute atomic E-state index is 13.4. The largest absolute Gasteiger partial charge is 0.356 e. The summed E-state index contributed by atoms with van der Waals surface area (Å²) in [7, 11) is 0. The van der Waals surface area contributed by atoms with Crippen molar-refractivity contribution in [3.63, 3.8) is 0 Å². The monoisotopic (exact) mass is 467 g/mol. The third-order valence-corrected chi connectivity index (χ3v) is 6.82. The lowest BCUT2D eigenvalue weighted by Crippen LogP contribution is -2.47. The van der Waals surface area contributed by atoms with Crippen LogP contribution < -0.4 is 5.32 Å². The van der Waals surface area contributed by atoms with Gasteiger partial charge in [-0.3, -0.25) is 14.4 Å². The van der Waals surface area contributed by atoms with E-state index in [0.29, 0.717) is 36.6 Å². The minimum absolute atomic E-state index is 0.0248. The third kappa shape index (κ3) is 5.74. The first-order valence-corrected chi connectivity index (χ1v) is 12.1. The maximum atomic E-state index is 13.4. The molecule has 2 fully saturated rings. The van der Waals surface area contributed by atoms with Crippen molar-refractivity contribution < 1.29 is 14.4 Å². The molecule has 2 aliphatic heterocycles. The first-order chi connectivity index (χ1) is 16.0. The molecule has 174 valence electrons. The van der Waals surface area contributed by atoms with Crippen molar-refractivity contribution in [2.45, 2.75) is 38.1 Å². The molecular formula is C26H30ClN3O3. The second kappa shape index (κ2) is 10.8. The molecule has 0 radical (unpaired) electrons. The summed E-state index contributed by atoms with van der Waals surface area (Å²) in [6.45, 7) is 2.41. The van der Waals surface area contributed by atoms with E-state index < -0.39 is 0 Å². The van der Waals surface area contributed by atoms with Crippen molar-refractivity contribution >= 4 is 29.3 Å². The molecule has 2 aliphatic rings. The molecular weight excluding hydrogens is 438 g/mol. The average molecular weight is 468 g/mol. The lowest BCUT2D eigenvalue weighted by molar-refractivity contribution is -0.127. The van der Waals surface area contributed by atoms with Gasteiger partial charge in [-0.1, -0.05) is 41.9 Å². The Balaban J connectivity index is 1.40. The molecule has 33 heavy (non-hydrogen) atoms. The molecule has 0 saturated carbocycles. The molecule has 0 bridgehead atoms. The fourth-order valence-electron chi connectivity index (χ4n) is 4.76. The van der Waals surface area contributed by atoms with E-state index >= 15 is 0 Å². The zero-order valence-electron chi connectivity index (χ0n) is 18.7. The van der Waals surface area contributed by atoms with Gasteiger partial charge in [0.05, 0.1) is 12.0 Å². The minimum atomic E-state index is -0.255. The highest BCUT2D eigenvalue weighted by molar-refractivity contribution is 6.30. The van der Waals surface area contributed by atoms with Crippen LogP contribution in [0, 0.1) is 5.92 Å². The van der Waals surface area contributed by atoms with Crippen molar-refractivity contribution in [1.82, 2.24) is 15.1 Å². The van der Waals surface area contributed by atoms with Crippen LogP contribution in [0.5, 0.6) is 0 Å². The van der Waals surface area contributed by atoms with Crippen LogP contribution in [0.15, 0.2) is 54.6 Å². The lowest BCUT2D eigenvalue weighted by atomic mass is 9.88. The molecule has 2 aromatic carbocycles.